The number of ether oxygens (including phenoxy) is 1. The molecule has 0 bridgehead atoms. The zero-order chi connectivity index (χ0) is 23.4. The van der Waals surface area contributed by atoms with Crippen molar-refractivity contribution in [3.05, 3.63) is 83.2 Å². The summed E-state index contributed by atoms with van der Waals surface area (Å²) < 4.78 is 20.3. The number of likely N-dealkylation sites (N-methyl/N-ethyl adjacent to an activating group) is 1. The van der Waals surface area contributed by atoms with E-state index in [9.17, 15) is 19.1 Å². The molecule has 1 N–H and O–H groups in total. The Labute approximate surface area is 187 Å². The molecule has 2 aromatic rings. The third kappa shape index (κ3) is 4.57. The van der Waals surface area contributed by atoms with E-state index >= 15 is 0 Å². The van der Waals surface area contributed by atoms with Gasteiger partial charge < -0.3 is 19.6 Å². The van der Waals surface area contributed by atoms with E-state index in [1.807, 2.05) is 19.0 Å². The molecule has 1 heterocycles. The number of ketones is 1. The Kier molecular flexibility index (Phi) is 7.10. The second kappa shape index (κ2) is 9.78. The van der Waals surface area contributed by atoms with E-state index in [0.29, 0.717) is 30.0 Å². The fourth-order valence-electron chi connectivity index (χ4n) is 3.73. The van der Waals surface area contributed by atoms with E-state index in [0.717, 1.165) is 0 Å². The molecule has 1 aliphatic heterocycles. The number of halogens is 1. The van der Waals surface area contributed by atoms with Crippen LogP contribution in [0.5, 0.6) is 5.75 Å². The molecular formula is C25H27FN2O4. The lowest BCUT2D eigenvalue weighted by atomic mass is 9.93. The summed E-state index contributed by atoms with van der Waals surface area (Å²) in [5.74, 6) is -1.90. The highest BCUT2D eigenvalue weighted by Crippen LogP contribution is 2.40. The first kappa shape index (κ1) is 23.2. The van der Waals surface area contributed by atoms with E-state index in [1.165, 1.54) is 23.1 Å². The Morgan fingerprint density at radius 1 is 1.25 bits per heavy atom. The smallest absolute Gasteiger partial charge is 0.295 e. The van der Waals surface area contributed by atoms with E-state index < -0.39 is 23.5 Å². The zero-order valence-electron chi connectivity index (χ0n) is 18.5. The maximum Gasteiger partial charge on any atom is 0.295 e. The highest BCUT2D eigenvalue weighted by molar-refractivity contribution is 6.46. The van der Waals surface area contributed by atoms with Gasteiger partial charge in [-0.25, -0.2) is 4.39 Å². The lowest BCUT2D eigenvalue weighted by Gasteiger charge is -2.27. The van der Waals surface area contributed by atoms with Gasteiger partial charge in [0.2, 0.25) is 0 Å². The van der Waals surface area contributed by atoms with E-state index in [-0.39, 0.29) is 23.4 Å². The Bertz CT molecular complexity index is 1080. The van der Waals surface area contributed by atoms with Crippen LogP contribution in [-0.2, 0) is 9.59 Å². The van der Waals surface area contributed by atoms with Crippen LogP contribution in [0, 0.1) is 12.7 Å². The number of carbonyl (C=O) groups is 2. The Morgan fingerprint density at radius 2 is 1.97 bits per heavy atom. The molecule has 1 atom stereocenters. The molecule has 7 heteroatoms. The SMILES string of the molecule is C=CCOc1ccc(C(O)=C2C(=O)C(=O)N(CCN(C)C)[C@H]2c2ccccc2F)c(C)c1. The van der Waals surface area contributed by atoms with Gasteiger partial charge in [0.1, 0.15) is 23.9 Å². The zero-order valence-corrected chi connectivity index (χ0v) is 18.5. The summed E-state index contributed by atoms with van der Waals surface area (Å²) in [5.41, 5.74) is 1.07. The van der Waals surface area contributed by atoms with Gasteiger partial charge in [-0.1, -0.05) is 30.9 Å². The average molecular weight is 438 g/mol. The summed E-state index contributed by atoms with van der Waals surface area (Å²) in [4.78, 5) is 29.1. The molecule has 0 unspecified atom stereocenters. The van der Waals surface area contributed by atoms with Gasteiger partial charge in [-0.3, -0.25) is 9.59 Å². The minimum atomic E-state index is -1.02. The minimum Gasteiger partial charge on any atom is -0.507 e. The molecule has 1 fully saturated rings. The molecule has 168 valence electrons. The number of rotatable bonds is 8. The second-order valence-electron chi connectivity index (χ2n) is 7.89. The molecule has 1 saturated heterocycles. The van der Waals surface area contributed by atoms with E-state index in [1.54, 1.807) is 37.3 Å². The van der Waals surface area contributed by atoms with Crippen molar-refractivity contribution in [1.29, 1.82) is 0 Å². The molecule has 1 aliphatic rings. The number of aryl methyl sites for hydroxylation is 1. The summed E-state index contributed by atoms with van der Waals surface area (Å²) in [7, 11) is 3.68. The number of amides is 1. The summed E-state index contributed by atoms with van der Waals surface area (Å²) in [6.45, 7) is 6.38. The van der Waals surface area contributed by atoms with Gasteiger partial charge in [-0.05, 0) is 50.8 Å². The number of benzene rings is 2. The molecule has 0 aromatic heterocycles. The van der Waals surface area contributed by atoms with Gasteiger partial charge >= 0.3 is 0 Å². The highest BCUT2D eigenvalue weighted by Gasteiger charge is 2.46. The van der Waals surface area contributed by atoms with Crippen LogP contribution in [0.4, 0.5) is 4.39 Å². The topological polar surface area (TPSA) is 70.1 Å². The van der Waals surface area contributed by atoms with Crippen molar-refractivity contribution in [2.45, 2.75) is 13.0 Å². The largest absolute Gasteiger partial charge is 0.507 e. The van der Waals surface area contributed by atoms with Crippen molar-refractivity contribution in [3.8, 4) is 5.75 Å². The number of hydrogen-bond acceptors (Lipinski definition) is 5. The summed E-state index contributed by atoms with van der Waals surface area (Å²) in [5, 5.41) is 11.2. The summed E-state index contributed by atoms with van der Waals surface area (Å²) in [6.07, 6.45) is 1.62. The third-order valence-corrected chi connectivity index (χ3v) is 5.35. The predicted molar refractivity (Wildman–Crippen MR) is 121 cm³/mol. The summed E-state index contributed by atoms with van der Waals surface area (Å²) in [6, 6.07) is 9.96. The van der Waals surface area contributed by atoms with Crippen LogP contribution < -0.4 is 4.74 Å². The van der Waals surface area contributed by atoms with Gasteiger partial charge in [-0.15, -0.1) is 0 Å². The maximum atomic E-state index is 14.8. The molecular weight excluding hydrogens is 411 g/mol. The van der Waals surface area contributed by atoms with Crippen LogP contribution in [-0.4, -0.2) is 60.4 Å². The van der Waals surface area contributed by atoms with Crippen molar-refractivity contribution in [2.75, 3.05) is 33.8 Å². The summed E-state index contributed by atoms with van der Waals surface area (Å²) >= 11 is 0. The van der Waals surface area contributed by atoms with Crippen molar-refractivity contribution in [3.63, 3.8) is 0 Å². The minimum absolute atomic E-state index is 0.123. The van der Waals surface area contributed by atoms with Gasteiger partial charge in [0.05, 0.1) is 11.6 Å². The second-order valence-corrected chi connectivity index (χ2v) is 7.89. The number of nitrogens with zero attached hydrogens (tertiary/aromatic N) is 2. The van der Waals surface area contributed by atoms with Crippen LogP contribution >= 0.6 is 0 Å². The first-order chi connectivity index (χ1) is 15.3. The normalized spacial score (nSPS) is 17.8. The first-order valence-corrected chi connectivity index (χ1v) is 10.3. The molecule has 3 rings (SSSR count). The third-order valence-electron chi connectivity index (χ3n) is 5.35. The van der Waals surface area contributed by atoms with Crippen LogP contribution in [0.15, 0.2) is 60.7 Å². The number of carbonyl (C=O) groups excluding carboxylic acids is 2. The van der Waals surface area contributed by atoms with Gasteiger partial charge in [-0.2, -0.15) is 0 Å². The number of Topliss-reactive ketones (excluding diaryl/α,β-unsaturated/α-hetero) is 1. The van der Waals surface area contributed by atoms with Crippen LogP contribution in [0.1, 0.15) is 22.7 Å². The van der Waals surface area contributed by atoms with Gasteiger partial charge in [0.15, 0.2) is 0 Å². The van der Waals surface area contributed by atoms with Crippen LogP contribution in [0.3, 0.4) is 0 Å². The van der Waals surface area contributed by atoms with Crippen molar-refractivity contribution in [1.82, 2.24) is 9.80 Å². The molecule has 32 heavy (non-hydrogen) atoms. The van der Waals surface area contributed by atoms with E-state index in [4.69, 9.17) is 4.74 Å². The number of aliphatic hydroxyl groups excluding tert-OH is 1. The molecule has 1 amide bonds. The van der Waals surface area contributed by atoms with E-state index in [2.05, 4.69) is 6.58 Å². The molecule has 6 nitrogen and oxygen atoms in total. The van der Waals surface area contributed by atoms with Crippen molar-refractivity contribution < 1.29 is 23.8 Å². The fraction of sp³-hybridized carbons (Fsp3) is 0.280. The molecule has 0 saturated carbocycles. The standard InChI is InChI=1S/C25H27FN2O4/c1-5-14-32-17-10-11-18(16(2)15-17)23(29)21-22(19-8-6-7-9-20(19)26)28(13-12-27(3)4)25(31)24(21)30/h5-11,15,22,29H,1,12-14H2,2-4H3/t22-/m0/s1. The molecule has 0 radical (unpaired) electrons. The Hall–Kier alpha value is -3.45. The lowest BCUT2D eigenvalue weighted by Crippen LogP contribution is -2.35. The highest BCUT2D eigenvalue weighted by atomic mass is 19.1. The Balaban J connectivity index is 2.13. The van der Waals surface area contributed by atoms with Crippen LogP contribution in [0.25, 0.3) is 5.76 Å². The van der Waals surface area contributed by atoms with Crippen LogP contribution in [0.2, 0.25) is 0 Å². The number of likely N-dealkylation sites (tertiary alicyclic amines) is 1. The van der Waals surface area contributed by atoms with Gasteiger partial charge in [0, 0.05) is 24.2 Å². The van der Waals surface area contributed by atoms with Gasteiger partial charge in [0.25, 0.3) is 11.7 Å². The molecule has 0 spiro atoms. The Morgan fingerprint density at radius 3 is 2.59 bits per heavy atom. The van der Waals surface area contributed by atoms with Crippen molar-refractivity contribution >= 4 is 17.4 Å². The monoisotopic (exact) mass is 438 g/mol. The molecule has 2 aromatic carbocycles. The van der Waals surface area contributed by atoms with Crippen molar-refractivity contribution in [2.24, 2.45) is 0 Å². The number of aliphatic hydroxyl groups is 1. The number of hydrogen-bond donors (Lipinski definition) is 1. The average Bonchev–Trinajstić information content (AvgIpc) is 3.00. The maximum absolute atomic E-state index is 14.8. The fourth-order valence-corrected chi connectivity index (χ4v) is 3.73. The lowest BCUT2D eigenvalue weighted by molar-refractivity contribution is -0.140. The first-order valence-electron chi connectivity index (χ1n) is 10.3. The predicted octanol–water partition coefficient (Wildman–Crippen LogP) is 3.68. The quantitative estimate of drug-likeness (QED) is 0.295. The molecule has 0 aliphatic carbocycles.